The summed E-state index contributed by atoms with van der Waals surface area (Å²) in [5.41, 5.74) is 3.67. The molecule has 2 nitrogen and oxygen atoms in total. The number of aryl methyl sites for hydroxylation is 1. The van der Waals surface area contributed by atoms with Crippen LogP contribution in [0.15, 0.2) is 24.5 Å². The van der Waals surface area contributed by atoms with Gasteiger partial charge in [0, 0.05) is 12.4 Å². The van der Waals surface area contributed by atoms with Gasteiger partial charge in [0.15, 0.2) is 0 Å². The molecule has 0 fully saturated rings. The lowest BCUT2D eigenvalue weighted by atomic mass is 10.1. The SMILES string of the molecule is CCCCc1ccnc2cc[nH]c12. The number of nitrogens with zero attached hydrogens (tertiary/aromatic N) is 1. The first-order valence-electron chi connectivity index (χ1n) is 4.83. The largest absolute Gasteiger partial charge is 0.360 e. The lowest BCUT2D eigenvalue weighted by Gasteiger charge is -2.00. The minimum Gasteiger partial charge on any atom is -0.360 e. The lowest BCUT2D eigenvalue weighted by molar-refractivity contribution is 0.797. The number of rotatable bonds is 3. The Labute approximate surface area is 78.0 Å². The average molecular weight is 174 g/mol. The predicted molar refractivity (Wildman–Crippen MR) is 54.7 cm³/mol. The molecule has 13 heavy (non-hydrogen) atoms. The quantitative estimate of drug-likeness (QED) is 0.761. The standard InChI is InChI=1S/C11H14N2/c1-2-3-4-9-5-7-12-10-6-8-13-11(9)10/h5-8,13H,2-4H2,1H3. The Morgan fingerprint density at radius 1 is 1.38 bits per heavy atom. The monoisotopic (exact) mass is 174 g/mol. The number of H-pyrrole nitrogens is 1. The van der Waals surface area contributed by atoms with Crippen molar-refractivity contribution >= 4 is 11.0 Å². The molecular formula is C11H14N2. The second-order valence-corrected chi connectivity index (χ2v) is 3.31. The highest BCUT2D eigenvalue weighted by Crippen LogP contribution is 2.16. The molecule has 2 heterocycles. The number of aromatic amines is 1. The summed E-state index contributed by atoms with van der Waals surface area (Å²) in [7, 11) is 0. The Balaban J connectivity index is 2.37. The Bertz CT molecular complexity index is 390. The molecule has 0 atom stereocenters. The predicted octanol–water partition coefficient (Wildman–Crippen LogP) is 2.91. The normalized spacial score (nSPS) is 10.8. The molecule has 0 spiro atoms. The summed E-state index contributed by atoms with van der Waals surface area (Å²) in [6.07, 6.45) is 7.48. The average Bonchev–Trinajstić information content (AvgIpc) is 2.62. The second kappa shape index (κ2) is 3.60. The summed E-state index contributed by atoms with van der Waals surface area (Å²) >= 11 is 0. The van der Waals surface area contributed by atoms with E-state index in [1.165, 1.54) is 23.9 Å². The maximum Gasteiger partial charge on any atom is 0.0881 e. The summed E-state index contributed by atoms with van der Waals surface area (Å²) in [6.45, 7) is 2.22. The highest BCUT2D eigenvalue weighted by atomic mass is 14.8. The third kappa shape index (κ3) is 1.57. The minimum absolute atomic E-state index is 1.08. The number of hydrogen-bond acceptors (Lipinski definition) is 1. The molecule has 1 N–H and O–H groups in total. The van der Waals surface area contributed by atoms with Crippen molar-refractivity contribution in [3.05, 3.63) is 30.1 Å². The van der Waals surface area contributed by atoms with Crippen LogP contribution in [0.4, 0.5) is 0 Å². The molecule has 0 radical (unpaired) electrons. The molecule has 0 bridgehead atoms. The number of pyridine rings is 1. The van der Waals surface area contributed by atoms with Crippen molar-refractivity contribution in [3.8, 4) is 0 Å². The van der Waals surface area contributed by atoms with E-state index in [1.807, 2.05) is 18.5 Å². The van der Waals surface area contributed by atoms with Gasteiger partial charge in [0.25, 0.3) is 0 Å². The van der Waals surface area contributed by atoms with Gasteiger partial charge in [0.2, 0.25) is 0 Å². The molecule has 68 valence electrons. The Hall–Kier alpha value is -1.31. The first-order valence-corrected chi connectivity index (χ1v) is 4.83. The van der Waals surface area contributed by atoms with Gasteiger partial charge in [-0.25, -0.2) is 0 Å². The Morgan fingerprint density at radius 2 is 2.31 bits per heavy atom. The molecule has 0 aromatic carbocycles. The van der Waals surface area contributed by atoms with E-state index < -0.39 is 0 Å². The van der Waals surface area contributed by atoms with E-state index in [4.69, 9.17) is 0 Å². The zero-order valence-corrected chi connectivity index (χ0v) is 7.88. The van der Waals surface area contributed by atoms with Crippen LogP contribution >= 0.6 is 0 Å². The molecule has 2 aromatic rings. The van der Waals surface area contributed by atoms with Crippen LogP contribution in [0.2, 0.25) is 0 Å². The fourth-order valence-corrected chi connectivity index (χ4v) is 1.59. The number of nitrogens with one attached hydrogen (secondary N) is 1. The van der Waals surface area contributed by atoms with Crippen molar-refractivity contribution in [2.45, 2.75) is 26.2 Å². The van der Waals surface area contributed by atoms with Crippen LogP contribution < -0.4 is 0 Å². The summed E-state index contributed by atoms with van der Waals surface area (Å²) in [5, 5.41) is 0. The lowest BCUT2D eigenvalue weighted by Crippen LogP contribution is -1.87. The third-order valence-corrected chi connectivity index (χ3v) is 2.34. The van der Waals surface area contributed by atoms with Crippen LogP contribution in [0.3, 0.4) is 0 Å². The second-order valence-electron chi connectivity index (χ2n) is 3.31. The van der Waals surface area contributed by atoms with Gasteiger partial charge >= 0.3 is 0 Å². The van der Waals surface area contributed by atoms with Crippen molar-refractivity contribution in [2.75, 3.05) is 0 Å². The van der Waals surface area contributed by atoms with Crippen LogP contribution in [0, 0.1) is 0 Å². The molecule has 0 aliphatic heterocycles. The topological polar surface area (TPSA) is 28.7 Å². The van der Waals surface area contributed by atoms with E-state index in [0.717, 1.165) is 11.9 Å². The highest BCUT2D eigenvalue weighted by Gasteiger charge is 2.00. The van der Waals surface area contributed by atoms with Crippen molar-refractivity contribution in [2.24, 2.45) is 0 Å². The van der Waals surface area contributed by atoms with Crippen LogP contribution in [-0.4, -0.2) is 9.97 Å². The molecular weight excluding hydrogens is 160 g/mol. The number of unbranched alkanes of at least 4 members (excludes halogenated alkanes) is 1. The molecule has 0 aliphatic rings. The van der Waals surface area contributed by atoms with Crippen LogP contribution in [0.1, 0.15) is 25.3 Å². The van der Waals surface area contributed by atoms with Gasteiger partial charge < -0.3 is 4.98 Å². The van der Waals surface area contributed by atoms with E-state index in [9.17, 15) is 0 Å². The van der Waals surface area contributed by atoms with E-state index >= 15 is 0 Å². The van der Waals surface area contributed by atoms with Crippen molar-refractivity contribution in [3.63, 3.8) is 0 Å². The van der Waals surface area contributed by atoms with Crippen LogP contribution in [0.25, 0.3) is 11.0 Å². The van der Waals surface area contributed by atoms with Gasteiger partial charge in [-0.2, -0.15) is 0 Å². The third-order valence-electron chi connectivity index (χ3n) is 2.34. The van der Waals surface area contributed by atoms with Crippen LogP contribution in [-0.2, 0) is 6.42 Å². The molecule has 2 rings (SSSR count). The van der Waals surface area contributed by atoms with Crippen molar-refractivity contribution in [1.82, 2.24) is 9.97 Å². The van der Waals surface area contributed by atoms with Gasteiger partial charge in [0.1, 0.15) is 0 Å². The van der Waals surface area contributed by atoms with Gasteiger partial charge in [-0.3, -0.25) is 4.98 Å². The fourth-order valence-electron chi connectivity index (χ4n) is 1.59. The van der Waals surface area contributed by atoms with Gasteiger partial charge in [-0.15, -0.1) is 0 Å². The molecule has 0 unspecified atom stereocenters. The smallest absolute Gasteiger partial charge is 0.0881 e. The summed E-state index contributed by atoms with van der Waals surface area (Å²) in [6, 6.07) is 4.12. The molecule has 0 saturated heterocycles. The maximum atomic E-state index is 4.28. The zero-order chi connectivity index (χ0) is 9.10. The van der Waals surface area contributed by atoms with E-state index in [1.54, 1.807) is 0 Å². The molecule has 0 saturated carbocycles. The first kappa shape index (κ1) is 8.30. The zero-order valence-electron chi connectivity index (χ0n) is 7.88. The van der Waals surface area contributed by atoms with Crippen molar-refractivity contribution in [1.29, 1.82) is 0 Å². The molecule has 2 heteroatoms. The molecule has 0 aliphatic carbocycles. The van der Waals surface area contributed by atoms with Crippen LogP contribution in [0.5, 0.6) is 0 Å². The first-order chi connectivity index (χ1) is 6.42. The summed E-state index contributed by atoms with van der Waals surface area (Å²) < 4.78 is 0. The number of fused-ring (bicyclic) bond motifs is 1. The molecule has 2 aromatic heterocycles. The van der Waals surface area contributed by atoms with E-state index in [0.29, 0.717) is 0 Å². The maximum absolute atomic E-state index is 4.28. The minimum atomic E-state index is 1.08. The molecule has 0 amide bonds. The van der Waals surface area contributed by atoms with Crippen molar-refractivity contribution < 1.29 is 0 Å². The van der Waals surface area contributed by atoms with E-state index in [2.05, 4.69) is 23.0 Å². The Morgan fingerprint density at radius 3 is 3.15 bits per heavy atom. The number of hydrogen-bond donors (Lipinski definition) is 1. The number of aromatic nitrogens is 2. The Kier molecular flexibility index (Phi) is 2.30. The summed E-state index contributed by atoms with van der Waals surface area (Å²) in [5.74, 6) is 0. The summed E-state index contributed by atoms with van der Waals surface area (Å²) in [4.78, 5) is 7.51. The fraction of sp³-hybridized carbons (Fsp3) is 0.364. The van der Waals surface area contributed by atoms with E-state index in [-0.39, 0.29) is 0 Å². The van der Waals surface area contributed by atoms with Gasteiger partial charge in [-0.1, -0.05) is 13.3 Å². The van der Waals surface area contributed by atoms with Gasteiger partial charge in [0.05, 0.1) is 11.0 Å². The highest BCUT2D eigenvalue weighted by molar-refractivity contribution is 5.78. The van der Waals surface area contributed by atoms with Gasteiger partial charge in [-0.05, 0) is 30.5 Å².